The summed E-state index contributed by atoms with van der Waals surface area (Å²) in [5, 5.41) is 4.28. The molecule has 1 aromatic heterocycles. The Morgan fingerprint density at radius 1 is 1.12 bits per heavy atom. The third-order valence-corrected chi connectivity index (χ3v) is 11.6. The summed E-state index contributed by atoms with van der Waals surface area (Å²) in [4.78, 5) is 18.7. The largest absolute Gasteiger partial charge is 0.412 e. The number of anilines is 1. The summed E-state index contributed by atoms with van der Waals surface area (Å²) in [6.07, 6.45) is 4.64. The summed E-state index contributed by atoms with van der Waals surface area (Å²) in [5.74, 6) is 0.340. The standard InChI is InChI=1S/C25H36FN5O2Si/c1-25(2,3)34(4,5)33-18-19-8-6-9-22(23(19)26)20-14-27-24(28-15-20)31-16-21(17-31)29-32-13-12-30-10-7-11-30/h6,8-9,14-15H,7,10-13,16-18H2,1-5H3. The average Bonchev–Trinajstić information content (AvgIpc) is 2.72. The lowest BCUT2D eigenvalue weighted by atomic mass is 10.1. The minimum absolute atomic E-state index is 0.0759. The predicted molar refractivity (Wildman–Crippen MR) is 136 cm³/mol. The van der Waals surface area contributed by atoms with E-state index in [1.807, 2.05) is 11.0 Å². The van der Waals surface area contributed by atoms with E-state index in [0.29, 0.717) is 42.3 Å². The van der Waals surface area contributed by atoms with Gasteiger partial charge >= 0.3 is 0 Å². The Hall–Kier alpha value is -2.36. The van der Waals surface area contributed by atoms with Gasteiger partial charge in [-0.2, -0.15) is 0 Å². The van der Waals surface area contributed by atoms with Gasteiger partial charge in [0, 0.05) is 35.6 Å². The first-order valence-corrected chi connectivity index (χ1v) is 14.9. The maximum Gasteiger partial charge on any atom is 0.225 e. The number of likely N-dealkylation sites (tertiary alicyclic amines) is 1. The number of halogens is 1. The molecule has 1 aromatic carbocycles. The Kier molecular flexibility index (Phi) is 7.35. The number of benzene rings is 1. The molecule has 2 saturated heterocycles. The fourth-order valence-corrected chi connectivity index (χ4v) is 4.47. The van der Waals surface area contributed by atoms with Gasteiger partial charge in [0.15, 0.2) is 8.32 Å². The maximum atomic E-state index is 15.3. The summed E-state index contributed by atoms with van der Waals surface area (Å²) >= 11 is 0. The van der Waals surface area contributed by atoms with Gasteiger partial charge in [0.25, 0.3) is 0 Å². The molecule has 4 rings (SSSR count). The van der Waals surface area contributed by atoms with Crippen LogP contribution in [0.2, 0.25) is 18.1 Å². The first-order valence-electron chi connectivity index (χ1n) is 12.0. The maximum absolute atomic E-state index is 15.3. The van der Waals surface area contributed by atoms with Crippen molar-refractivity contribution >= 4 is 20.0 Å². The smallest absolute Gasteiger partial charge is 0.225 e. The van der Waals surface area contributed by atoms with Crippen LogP contribution in [0.25, 0.3) is 11.1 Å². The van der Waals surface area contributed by atoms with Gasteiger partial charge < -0.3 is 14.2 Å². The molecule has 0 amide bonds. The molecule has 7 nitrogen and oxygen atoms in total. The van der Waals surface area contributed by atoms with Crippen molar-refractivity contribution in [2.45, 2.75) is 51.9 Å². The van der Waals surface area contributed by atoms with E-state index in [4.69, 9.17) is 9.26 Å². The lowest BCUT2D eigenvalue weighted by Crippen LogP contribution is -2.48. The fraction of sp³-hybridized carbons (Fsp3) is 0.560. The molecule has 9 heteroatoms. The third kappa shape index (κ3) is 5.64. The molecule has 0 saturated carbocycles. The van der Waals surface area contributed by atoms with Gasteiger partial charge in [0.2, 0.25) is 5.95 Å². The van der Waals surface area contributed by atoms with Crippen LogP contribution >= 0.6 is 0 Å². The second-order valence-electron chi connectivity index (χ2n) is 10.6. The van der Waals surface area contributed by atoms with Crippen LogP contribution in [0.4, 0.5) is 10.3 Å². The van der Waals surface area contributed by atoms with Crippen molar-refractivity contribution in [3.63, 3.8) is 0 Å². The predicted octanol–water partition coefficient (Wildman–Crippen LogP) is 4.70. The van der Waals surface area contributed by atoms with Crippen molar-refractivity contribution in [2.75, 3.05) is 44.2 Å². The molecule has 3 heterocycles. The zero-order chi connectivity index (χ0) is 24.3. The van der Waals surface area contributed by atoms with Crippen LogP contribution in [0, 0.1) is 5.82 Å². The lowest BCUT2D eigenvalue weighted by molar-refractivity contribution is 0.0846. The number of aromatic nitrogens is 2. The summed E-state index contributed by atoms with van der Waals surface area (Å²) < 4.78 is 21.5. The molecule has 2 aliphatic rings. The summed E-state index contributed by atoms with van der Waals surface area (Å²) in [6, 6.07) is 5.40. The van der Waals surface area contributed by atoms with E-state index < -0.39 is 8.32 Å². The van der Waals surface area contributed by atoms with E-state index in [9.17, 15) is 0 Å². The molecule has 0 unspecified atom stereocenters. The highest BCUT2D eigenvalue weighted by atomic mass is 28.4. The van der Waals surface area contributed by atoms with Crippen molar-refractivity contribution in [3.05, 3.63) is 42.0 Å². The van der Waals surface area contributed by atoms with Gasteiger partial charge in [0.05, 0.1) is 25.4 Å². The number of oxime groups is 1. The Morgan fingerprint density at radius 3 is 2.44 bits per heavy atom. The molecule has 184 valence electrons. The van der Waals surface area contributed by atoms with Gasteiger partial charge in [0.1, 0.15) is 12.4 Å². The van der Waals surface area contributed by atoms with Crippen molar-refractivity contribution < 1.29 is 13.7 Å². The summed E-state index contributed by atoms with van der Waals surface area (Å²) in [6.45, 7) is 16.4. The number of rotatable bonds is 9. The van der Waals surface area contributed by atoms with Crippen LogP contribution in [0.5, 0.6) is 0 Å². The number of hydrogen-bond acceptors (Lipinski definition) is 7. The fourth-order valence-electron chi connectivity index (χ4n) is 3.52. The average molecular weight is 486 g/mol. The minimum Gasteiger partial charge on any atom is -0.412 e. The molecule has 34 heavy (non-hydrogen) atoms. The SMILES string of the molecule is CC(C)(C)[Si](C)(C)OCc1cccc(-c2cnc(N3CC(=NOCCN4CCC4)C3)nc2)c1F. The van der Waals surface area contributed by atoms with Gasteiger partial charge in [-0.25, -0.2) is 14.4 Å². The summed E-state index contributed by atoms with van der Waals surface area (Å²) in [7, 11) is -1.96. The molecule has 0 spiro atoms. The molecular weight excluding hydrogens is 449 g/mol. The molecule has 2 fully saturated rings. The van der Waals surface area contributed by atoms with Crippen LogP contribution in [0.3, 0.4) is 0 Å². The van der Waals surface area contributed by atoms with Crippen molar-refractivity contribution in [2.24, 2.45) is 5.16 Å². The molecule has 0 aliphatic carbocycles. The van der Waals surface area contributed by atoms with Crippen LogP contribution in [0.15, 0.2) is 35.7 Å². The third-order valence-electron chi connectivity index (χ3n) is 7.09. The summed E-state index contributed by atoms with van der Waals surface area (Å²) in [5.41, 5.74) is 2.68. The molecule has 0 atom stereocenters. The molecular formula is C25H36FN5O2Si. The van der Waals surface area contributed by atoms with Gasteiger partial charge in [-0.15, -0.1) is 0 Å². The first-order chi connectivity index (χ1) is 16.1. The van der Waals surface area contributed by atoms with E-state index in [1.165, 1.54) is 19.5 Å². The lowest BCUT2D eigenvalue weighted by Gasteiger charge is -2.36. The highest BCUT2D eigenvalue weighted by Gasteiger charge is 2.37. The van der Waals surface area contributed by atoms with Crippen LogP contribution in [-0.2, 0) is 15.9 Å². The van der Waals surface area contributed by atoms with E-state index >= 15 is 4.39 Å². The minimum atomic E-state index is -1.96. The number of nitrogens with zero attached hydrogens (tertiary/aromatic N) is 5. The molecule has 0 bridgehead atoms. The van der Waals surface area contributed by atoms with Crippen molar-refractivity contribution in [1.29, 1.82) is 0 Å². The second kappa shape index (κ2) is 10.1. The molecule has 0 N–H and O–H groups in total. The van der Waals surface area contributed by atoms with E-state index in [0.717, 1.165) is 12.3 Å². The van der Waals surface area contributed by atoms with E-state index in [-0.39, 0.29) is 17.5 Å². The zero-order valence-electron chi connectivity index (χ0n) is 21.0. The molecule has 2 aliphatic heterocycles. The van der Waals surface area contributed by atoms with E-state index in [2.05, 4.69) is 53.9 Å². The molecule has 2 aromatic rings. The van der Waals surface area contributed by atoms with Crippen LogP contribution in [0.1, 0.15) is 32.8 Å². The topological polar surface area (TPSA) is 63.1 Å². The normalized spacial score (nSPS) is 16.8. The van der Waals surface area contributed by atoms with Gasteiger partial charge in [-0.1, -0.05) is 44.1 Å². The van der Waals surface area contributed by atoms with E-state index in [1.54, 1.807) is 24.5 Å². The highest BCUT2D eigenvalue weighted by molar-refractivity contribution is 6.74. The molecule has 0 radical (unpaired) electrons. The van der Waals surface area contributed by atoms with Crippen molar-refractivity contribution in [1.82, 2.24) is 14.9 Å². The number of hydrogen-bond donors (Lipinski definition) is 0. The highest BCUT2D eigenvalue weighted by Crippen LogP contribution is 2.37. The van der Waals surface area contributed by atoms with Crippen LogP contribution < -0.4 is 4.90 Å². The monoisotopic (exact) mass is 485 g/mol. The first kappa shape index (κ1) is 24.8. The van der Waals surface area contributed by atoms with Crippen molar-refractivity contribution in [3.8, 4) is 11.1 Å². The van der Waals surface area contributed by atoms with Gasteiger partial charge in [-0.3, -0.25) is 4.90 Å². The van der Waals surface area contributed by atoms with Gasteiger partial charge in [-0.05, 0) is 37.6 Å². The quantitative estimate of drug-likeness (QED) is 0.291. The van der Waals surface area contributed by atoms with Crippen LogP contribution in [-0.4, -0.2) is 68.2 Å². The Labute approximate surface area is 203 Å². The zero-order valence-corrected chi connectivity index (χ0v) is 22.0. The second-order valence-corrected chi connectivity index (χ2v) is 15.5. The Bertz CT molecular complexity index is 1010. The Balaban J connectivity index is 1.33. The Morgan fingerprint density at radius 2 is 1.82 bits per heavy atom.